The first-order valence-corrected chi connectivity index (χ1v) is 6.91. The van der Waals surface area contributed by atoms with Gasteiger partial charge in [-0.3, -0.25) is 9.59 Å². The minimum atomic E-state index is -1.55. The van der Waals surface area contributed by atoms with Crippen molar-refractivity contribution in [2.75, 3.05) is 0 Å². The standard InChI is InChI=1S/C16H17NO4/c1-10(2)16(20)13-15(21-13,14(19)17-16)12(18)9-8-11-6-4-3-5-7-11/h3-10,13,20H,1-2H3,(H,17,19)/b9-8+/t13-,15-,16-/m1/s1. The molecule has 2 fully saturated rings. The zero-order chi connectivity index (χ0) is 15.3. The van der Waals surface area contributed by atoms with Crippen LogP contribution < -0.4 is 5.32 Å². The summed E-state index contributed by atoms with van der Waals surface area (Å²) in [6, 6.07) is 9.31. The lowest BCUT2D eigenvalue weighted by molar-refractivity contribution is -0.139. The molecular formula is C16H17NO4. The van der Waals surface area contributed by atoms with E-state index in [0.29, 0.717) is 0 Å². The predicted molar refractivity (Wildman–Crippen MR) is 76.0 cm³/mol. The maximum Gasteiger partial charge on any atom is 0.265 e. The van der Waals surface area contributed by atoms with Gasteiger partial charge in [-0.1, -0.05) is 50.3 Å². The number of nitrogens with one attached hydrogen (secondary N) is 1. The molecule has 0 aromatic heterocycles. The van der Waals surface area contributed by atoms with Crippen molar-refractivity contribution in [2.45, 2.75) is 31.3 Å². The maximum atomic E-state index is 12.3. The highest BCUT2D eigenvalue weighted by Crippen LogP contribution is 2.51. The molecule has 2 N–H and O–H groups in total. The van der Waals surface area contributed by atoms with Crippen LogP contribution in [0.5, 0.6) is 0 Å². The molecular weight excluding hydrogens is 270 g/mol. The zero-order valence-corrected chi connectivity index (χ0v) is 11.9. The molecule has 0 saturated carbocycles. The third kappa shape index (κ3) is 1.92. The molecule has 0 bridgehead atoms. The summed E-state index contributed by atoms with van der Waals surface area (Å²) in [7, 11) is 0. The van der Waals surface area contributed by atoms with Gasteiger partial charge in [0.1, 0.15) is 0 Å². The fraction of sp³-hybridized carbons (Fsp3) is 0.375. The van der Waals surface area contributed by atoms with Crippen molar-refractivity contribution in [2.24, 2.45) is 5.92 Å². The molecule has 5 heteroatoms. The maximum absolute atomic E-state index is 12.3. The quantitative estimate of drug-likeness (QED) is 0.489. The number of carbonyl (C=O) groups is 2. The lowest BCUT2D eigenvalue weighted by Crippen LogP contribution is -2.52. The number of benzene rings is 1. The molecule has 2 heterocycles. The van der Waals surface area contributed by atoms with Crippen LogP contribution >= 0.6 is 0 Å². The second kappa shape index (κ2) is 4.51. The summed E-state index contributed by atoms with van der Waals surface area (Å²) in [5, 5.41) is 12.9. The van der Waals surface area contributed by atoms with E-state index in [9.17, 15) is 14.7 Å². The van der Waals surface area contributed by atoms with Gasteiger partial charge in [-0.15, -0.1) is 0 Å². The van der Waals surface area contributed by atoms with Gasteiger partial charge in [0.2, 0.25) is 5.60 Å². The second-order valence-electron chi connectivity index (χ2n) is 5.78. The molecule has 0 unspecified atom stereocenters. The number of aliphatic hydroxyl groups is 1. The Morgan fingerprint density at radius 1 is 1.38 bits per heavy atom. The smallest absolute Gasteiger partial charge is 0.265 e. The number of hydrogen-bond donors (Lipinski definition) is 2. The van der Waals surface area contributed by atoms with E-state index in [1.54, 1.807) is 19.9 Å². The van der Waals surface area contributed by atoms with Gasteiger partial charge in [0.05, 0.1) is 0 Å². The number of carbonyl (C=O) groups excluding carboxylic acids is 2. The average Bonchev–Trinajstić information content (AvgIpc) is 3.18. The van der Waals surface area contributed by atoms with Gasteiger partial charge in [0, 0.05) is 5.92 Å². The molecule has 5 nitrogen and oxygen atoms in total. The molecule has 2 saturated heterocycles. The topological polar surface area (TPSA) is 78.9 Å². The first-order chi connectivity index (χ1) is 9.91. The summed E-state index contributed by atoms with van der Waals surface area (Å²) in [6.07, 6.45) is 2.15. The third-order valence-corrected chi connectivity index (χ3v) is 4.14. The Bertz CT molecular complexity index is 624. The van der Waals surface area contributed by atoms with E-state index in [1.807, 2.05) is 30.3 Å². The minimum Gasteiger partial charge on any atom is -0.368 e. The van der Waals surface area contributed by atoms with Crippen LogP contribution in [0, 0.1) is 5.92 Å². The number of amides is 1. The molecule has 1 aromatic carbocycles. The van der Waals surface area contributed by atoms with E-state index in [1.165, 1.54) is 6.08 Å². The first-order valence-electron chi connectivity index (χ1n) is 6.91. The zero-order valence-electron chi connectivity index (χ0n) is 11.9. The monoisotopic (exact) mass is 287 g/mol. The normalized spacial score (nSPS) is 34.1. The van der Waals surface area contributed by atoms with Gasteiger partial charge in [-0.2, -0.15) is 0 Å². The molecule has 110 valence electrons. The van der Waals surface area contributed by atoms with E-state index >= 15 is 0 Å². The Hall–Kier alpha value is -1.98. The third-order valence-electron chi connectivity index (χ3n) is 4.14. The number of epoxide rings is 1. The van der Waals surface area contributed by atoms with Crippen LogP contribution in [-0.4, -0.2) is 34.2 Å². The summed E-state index contributed by atoms with van der Waals surface area (Å²) in [5.41, 5.74) is -2.17. The van der Waals surface area contributed by atoms with Crippen LogP contribution in [0.2, 0.25) is 0 Å². The Morgan fingerprint density at radius 2 is 2.05 bits per heavy atom. The molecule has 2 aliphatic heterocycles. The summed E-state index contributed by atoms with van der Waals surface area (Å²) < 4.78 is 5.32. The number of ether oxygens (including phenoxy) is 1. The Kier molecular flexibility index (Phi) is 3.00. The number of ketones is 1. The van der Waals surface area contributed by atoms with Crippen molar-refractivity contribution in [3.63, 3.8) is 0 Å². The van der Waals surface area contributed by atoms with Crippen molar-refractivity contribution in [1.82, 2.24) is 5.32 Å². The van der Waals surface area contributed by atoms with Crippen molar-refractivity contribution in [3.05, 3.63) is 42.0 Å². The largest absolute Gasteiger partial charge is 0.368 e. The van der Waals surface area contributed by atoms with Crippen molar-refractivity contribution >= 4 is 17.8 Å². The van der Waals surface area contributed by atoms with Crippen LogP contribution in [0.15, 0.2) is 36.4 Å². The number of hydrogen-bond acceptors (Lipinski definition) is 4. The summed E-state index contributed by atoms with van der Waals surface area (Å²) in [4.78, 5) is 24.4. The van der Waals surface area contributed by atoms with Gasteiger partial charge >= 0.3 is 0 Å². The Balaban J connectivity index is 1.81. The van der Waals surface area contributed by atoms with Crippen molar-refractivity contribution in [1.29, 1.82) is 0 Å². The van der Waals surface area contributed by atoms with Gasteiger partial charge in [-0.05, 0) is 11.6 Å². The van der Waals surface area contributed by atoms with Crippen LogP contribution in [0.1, 0.15) is 19.4 Å². The molecule has 0 aliphatic carbocycles. The summed E-state index contributed by atoms with van der Waals surface area (Å²) in [5.74, 6) is -1.25. The van der Waals surface area contributed by atoms with Crippen LogP contribution in [-0.2, 0) is 14.3 Å². The van der Waals surface area contributed by atoms with E-state index < -0.39 is 29.1 Å². The Labute approximate surface area is 122 Å². The lowest BCUT2D eigenvalue weighted by Gasteiger charge is -2.27. The highest BCUT2D eigenvalue weighted by Gasteiger charge is 2.80. The van der Waals surface area contributed by atoms with E-state index in [0.717, 1.165) is 5.56 Å². The van der Waals surface area contributed by atoms with Crippen LogP contribution in [0.25, 0.3) is 6.08 Å². The molecule has 21 heavy (non-hydrogen) atoms. The molecule has 1 amide bonds. The van der Waals surface area contributed by atoms with Gasteiger partial charge in [-0.25, -0.2) is 0 Å². The van der Waals surface area contributed by atoms with E-state index in [4.69, 9.17) is 4.74 Å². The Morgan fingerprint density at radius 3 is 2.57 bits per heavy atom. The molecule has 0 radical (unpaired) electrons. The average molecular weight is 287 g/mol. The SMILES string of the molecule is CC(C)[C@]1(O)NC(=O)[C@]2(C(=O)/C=C/c3ccccc3)O[C@H]21. The fourth-order valence-corrected chi connectivity index (χ4v) is 2.67. The number of rotatable bonds is 4. The van der Waals surface area contributed by atoms with Crippen molar-refractivity contribution in [3.8, 4) is 0 Å². The molecule has 3 rings (SSSR count). The number of morpholine rings is 1. The highest BCUT2D eigenvalue weighted by atomic mass is 16.6. The molecule has 3 atom stereocenters. The molecule has 0 spiro atoms. The second-order valence-corrected chi connectivity index (χ2v) is 5.78. The molecule has 1 aromatic rings. The lowest BCUT2D eigenvalue weighted by atomic mass is 9.91. The fourth-order valence-electron chi connectivity index (χ4n) is 2.67. The van der Waals surface area contributed by atoms with E-state index in [2.05, 4.69) is 5.32 Å². The minimum absolute atomic E-state index is 0.248. The molecule has 2 aliphatic rings. The highest BCUT2D eigenvalue weighted by molar-refractivity contribution is 6.20. The first kappa shape index (κ1) is 14.0. The predicted octanol–water partition coefficient (Wildman–Crippen LogP) is 0.881. The van der Waals surface area contributed by atoms with Crippen LogP contribution in [0.3, 0.4) is 0 Å². The number of fused-ring (bicyclic) bond motifs is 1. The summed E-state index contributed by atoms with van der Waals surface area (Å²) in [6.45, 7) is 3.53. The van der Waals surface area contributed by atoms with Gasteiger partial charge in [0.15, 0.2) is 17.6 Å². The van der Waals surface area contributed by atoms with Gasteiger partial charge in [0.25, 0.3) is 5.91 Å². The van der Waals surface area contributed by atoms with E-state index in [-0.39, 0.29) is 5.92 Å². The van der Waals surface area contributed by atoms with Crippen LogP contribution in [0.4, 0.5) is 0 Å². The van der Waals surface area contributed by atoms with Crippen molar-refractivity contribution < 1.29 is 19.4 Å². The summed E-state index contributed by atoms with van der Waals surface area (Å²) >= 11 is 0. The van der Waals surface area contributed by atoms with Gasteiger partial charge < -0.3 is 15.2 Å².